The summed E-state index contributed by atoms with van der Waals surface area (Å²) in [6, 6.07) is 11.3. The van der Waals surface area contributed by atoms with Gasteiger partial charge in [0.05, 0.1) is 30.0 Å². The lowest BCUT2D eigenvalue weighted by atomic mass is 10.0. The number of carbonyl (C=O) groups excluding carboxylic acids is 1. The first-order chi connectivity index (χ1) is 22.7. The molecule has 0 N–H and O–H groups in total. The van der Waals surface area contributed by atoms with E-state index in [4.69, 9.17) is 42.4 Å². The summed E-state index contributed by atoms with van der Waals surface area (Å²) in [5.41, 5.74) is 3.51. The Kier molecular flexibility index (Phi) is 8.81. The van der Waals surface area contributed by atoms with E-state index in [2.05, 4.69) is 14.9 Å². The van der Waals surface area contributed by atoms with Gasteiger partial charge in [-0.25, -0.2) is 23.2 Å². The third kappa shape index (κ3) is 6.41. The van der Waals surface area contributed by atoms with E-state index in [0.717, 1.165) is 17.5 Å². The molecule has 0 spiro atoms. The van der Waals surface area contributed by atoms with E-state index in [1.165, 1.54) is 20.4 Å². The number of amides is 1. The quantitative estimate of drug-likeness (QED) is 0.183. The Labute approximate surface area is 288 Å². The summed E-state index contributed by atoms with van der Waals surface area (Å²) in [4.78, 5) is 30.1. The number of ether oxygens (including phenoxy) is 3. The van der Waals surface area contributed by atoms with E-state index < -0.39 is 15.4 Å². The molecule has 1 fully saturated rings. The van der Waals surface area contributed by atoms with Crippen LogP contribution < -0.4 is 14.4 Å². The molecule has 0 bridgehead atoms. The van der Waals surface area contributed by atoms with Crippen LogP contribution in [0.1, 0.15) is 20.8 Å². The molecule has 2 aromatic carbocycles. The fourth-order valence-corrected chi connectivity index (χ4v) is 6.77. The van der Waals surface area contributed by atoms with Crippen molar-refractivity contribution >= 4 is 61.5 Å². The minimum atomic E-state index is -3.71. The van der Waals surface area contributed by atoms with Gasteiger partial charge in [0.2, 0.25) is 15.0 Å². The van der Waals surface area contributed by atoms with Gasteiger partial charge in [-0.3, -0.25) is 4.40 Å². The van der Waals surface area contributed by atoms with Crippen LogP contribution in [0, 0.1) is 0 Å². The van der Waals surface area contributed by atoms with Crippen molar-refractivity contribution < 1.29 is 27.4 Å². The highest BCUT2D eigenvalue weighted by molar-refractivity contribution is 7.90. The van der Waals surface area contributed by atoms with Gasteiger partial charge in [-0.05, 0) is 39.0 Å². The van der Waals surface area contributed by atoms with Crippen LogP contribution in [-0.2, 0) is 14.6 Å². The van der Waals surface area contributed by atoms with Crippen LogP contribution in [0.3, 0.4) is 0 Å². The predicted molar refractivity (Wildman–Crippen MR) is 185 cm³/mol. The summed E-state index contributed by atoms with van der Waals surface area (Å²) in [6.07, 6.45) is 3.97. The molecule has 0 unspecified atom stereocenters. The predicted octanol–water partition coefficient (Wildman–Crippen LogP) is 6.40. The Hall–Kier alpha value is -4.33. The fourth-order valence-electron chi connectivity index (χ4n) is 5.57. The number of halogens is 2. The number of benzene rings is 2. The van der Waals surface area contributed by atoms with E-state index in [0.29, 0.717) is 71.2 Å². The summed E-state index contributed by atoms with van der Waals surface area (Å²) in [6.45, 7) is 7.86. The van der Waals surface area contributed by atoms with Crippen LogP contribution in [0.2, 0.25) is 10.0 Å². The smallest absolute Gasteiger partial charge is 0.410 e. The summed E-state index contributed by atoms with van der Waals surface area (Å²) in [5, 5.41) is 0.705. The Morgan fingerprint density at radius 1 is 0.917 bits per heavy atom. The lowest BCUT2D eigenvalue weighted by molar-refractivity contribution is 0.0240. The van der Waals surface area contributed by atoms with E-state index in [9.17, 15) is 13.2 Å². The fraction of sp³-hybridized carbons (Fsp3) is 0.333. The molecule has 1 aliphatic rings. The lowest BCUT2D eigenvalue weighted by Gasteiger charge is -2.36. The van der Waals surface area contributed by atoms with Gasteiger partial charge >= 0.3 is 6.09 Å². The first-order valence-electron chi connectivity index (χ1n) is 15.0. The van der Waals surface area contributed by atoms with E-state index >= 15 is 0 Å². The van der Waals surface area contributed by atoms with Crippen molar-refractivity contribution in [3.05, 3.63) is 58.8 Å². The van der Waals surface area contributed by atoms with Gasteiger partial charge < -0.3 is 24.0 Å². The number of aromatic nitrogens is 4. The Balaban J connectivity index is 1.46. The van der Waals surface area contributed by atoms with Crippen LogP contribution in [0.15, 0.2) is 53.9 Å². The van der Waals surface area contributed by atoms with Crippen molar-refractivity contribution in [2.75, 3.05) is 51.6 Å². The molecule has 1 aliphatic heterocycles. The minimum Gasteiger partial charge on any atom is -0.495 e. The van der Waals surface area contributed by atoms with Gasteiger partial charge in [0.15, 0.2) is 5.65 Å². The lowest BCUT2D eigenvalue weighted by Crippen LogP contribution is -2.50. The number of fused-ring (bicyclic) bond motifs is 3. The van der Waals surface area contributed by atoms with Gasteiger partial charge in [-0.1, -0.05) is 35.3 Å². The number of sulfone groups is 1. The SMILES string of the molecule is COc1cc(OC)c(Cl)c(-c2cc3cnc(S(C)(=O)=O)nc3n3cc(-c4cccc(N5CCN(C(=O)OC(C)(C)C)CC5)c4)nc23)c1Cl. The molecule has 15 heteroatoms. The molecule has 5 aromatic rings. The van der Waals surface area contributed by atoms with E-state index in [1.807, 2.05) is 45.0 Å². The summed E-state index contributed by atoms with van der Waals surface area (Å²) >= 11 is 13.7. The number of pyridine rings is 1. The van der Waals surface area contributed by atoms with Crippen molar-refractivity contribution in [1.82, 2.24) is 24.3 Å². The number of hydrogen-bond acceptors (Lipinski definition) is 10. The second kappa shape index (κ2) is 12.6. The Morgan fingerprint density at radius 2 is 1.58 bits per heavy atom. The molecule has 1 amide bonds. The maximum absolute atomic E-state index is 12.6. The second-order valence-corrected chi connectivity index (χ2v) is 15.0. The van der Waals surface area contributed by atoms with Crippen LogP contribution in [-0.4, -0.2) is 91.0 Å². The van der Waals surface area contributed by atoms with E-state index in [1.54, 1.807) is 27.6 Å². The number of rotatable bonds is 6. The molecular weight excluding hydrogens is 679 g/mol. The zero-order valence-electron chi connectivity index (χ0n) is 27.2. The molecule has 0 aliphatic carbocycles. The number of anilines is 1. The summed E-state index contributed by atoms with van der Waals surface area (Å²) in [7, 11) is -0.722. The Bertz CT molecular complexity index is 2150. The Morgan fingerprint density at radius 3 is 2.19 bits per heavy atom. The van der Waals surface area contributed by atoms with Crippen LogP contribution in [0.5, 0.6) is 11.5 Å². The van der Waals surface area contributed by atoms with Gasteiger partial charge in [0, 0.05) is 78.7 Å². The number of piperazine rings is 1. The first-order valence-corrected chi connectivity index (χ1v) is 17.7. The third-order valence-electron chi connectivity index (χ3n) is 7.86. The normalized spacial score (nSPS) is 14.1. The maximum Gasteiger partial charge on any atom is 0.410 e. The molecule has 1 saturated heterocycles. The summed E-state index contributed by atoms with van der Waals surface area (Å²) < 4.78 is 43.1. The van der Waals surface area contributed by atoms with Crippen LogP contribution >= 0.6 is 23.2 Å². The summed E-state index contributed by atoms with van der Waals surface area (Å²) in [5.74, 6) is 0.696. The van der Waals surface area contributed by atoms with Gasteiger partial charge in [0.1, 0.15) is 22.7 Å². The van der Waals surface area contributed by atoms with Crippen molar-refractivity contribution in [3.63, 3.8) is 0 Å². The van der Waals surface area contributed by atoms with Crippen molar-refractivity contribution in [2.24, 2.45) is 0 Å². The molecule has 48 heavy (non-hydrogen) atoms. The molecule has 4 heterocycles. The largest absolute Gasteiger partial charge is 0.495 e. The van der Waals surface area contributed by atoms with Crippen LogP contribution in [0.4, 0.5) is 10.5 Å². The first kappa shape index (κ1) is 33.6. The molecule has 0 radical (unpaired) electrons. The molecule has 252 valence electrons. The number of carbonyl (C=O) groups is 1. The molecule has 12 nitrogen and oxygen atoms in total. The molecular formula is C33H34Cl2N6O6S. The molecule has 3 aromatic heterocycles. The number of imidazole rings is 1. The molecule has 0 saturated carbocycles. The molecule has 6 rings (SSSR count). The average Bonchev–Trinajstić information content (AvgIpc) is 3.50. The van der Waals surface area contributed by atoms with Gasteiger partial charge in [0.25, 0.3) is 0 Å². The zero-order chi connectivity index (χ0) is 34.5. The highest BCUT2D eigenvalue weighted by Gasteiger charge is 2.27. The third-order valence-corrected chi connectivity index (χ3v) is 9.47. The molecule has 0 atom stereocenters. The standard InChI is InChI=1S/C33H34Cl2N6O6S/c1-33(2,3)47-32(42)40-12-10-39(11-13-40)21-9-7-8-19(14-21)23-18-41-29-20(17-36-31(38-29)48(6,43)44)15-22(30(41)37-23)26-27(34)24(45-4)16-25(46-5)28(26)35/h7-9,14-18H,10-13H2,1-6H3. The van der Waals surface area contributed by atoms with Gasteiger partial charge in [-0.15, -0.1) is 0 Å². The number of hydrogen-bond donors (Lipinski definition) is 0. The van der Waals surface area contributed by atoms with Crippen molar-refractivity contribution in [1.29, 1.82) is 0 Å². The van der Waals surface area contributed by atoms with E-state index in [-0.39, 0.29) is 21.3 Å². The minimum absolute atomic E-state index is 0.246. The van der Waals surface area contributed by atoms with Crippen molar-refractivity contribution in [2.45, 2.75) is 31.5 Å². The van der Waals surface area contributed by atoms with Crippen molar-refractivity contribution in [3.8, 4) is 33.9 Å². The second-order valence-electron chi connectivity index (χ2n) is 12.4. The topological polar surface area (TPSA) is 128 Å². The van der Waals surface area contributed by atoms with Crippen LogP contribution in [0.25, 0.3) is 39.1 Å². The number of methoxy groups -OCH3 is 2. The maximum atomic E-state index is 12.6. The highest BCUT2D eigenvalue weighted by atomic mass is 35.5. The highest BCUT2D eigenvalue weighted by Crippen LogP contribution is 2.47. The van der Waals surface area contributed by atoms with Gasteiger partial charge in [-0.2, -0.15) is 4.98 Å². The zero-order valence-corrected chi connectivity index (χ0v) is 29.6. The average molecular weight is 714 g/mol. The monoisotopic (exact) mass is 712 g/mol. The number of nitrogens with zero attached hydrogens (tertiary/aromatic N) is 6.